The molecule has 0 bridgehead atoms. The molecule has 8 heteroatoms. The second-order valence-electron chi connectivity index (χ2n) is 5.72. The van der Waals surface area contributed by atoms with Gasteiger partial charge in [0.25, 0.3) is 11.2 Å². The fourth-order valence-electron chi connectivity index (χ4n) is 2.57. The maximum atomic E-state index is 12.8. The van der Waals surface area contributed by atoms with Crippen molar-refractivity contribution in [2.75, 3.05) is 0 Å². The molecule has 0 aliphatic heterocycles. The Labute approximate surface area is 162 Å². The van der Waals surface area contributed by atoms with Crippen LogP contribution >= 0.6 is 27.7 Å². The molecule has 0 aliphatic rings. The molecule has 1 heterocycles. The molecule has 134 valence electrons. The van der Waals surface area contributed by atoms with E-state index in [-0.39, 0.29) is 11.2 Å². The Bertz CT molecular complexity index is 1020. The van der Waals surface area contributed by atoms with Crippen LogP contribution in [0.15, 0.2) is 56.9 Å². The zero-order valence-electron chi connectivity index (χ0n) is 14.0. The number of hydrogen-bond acceptors (Lipinski definition) is 5. The summed E-state index contributed by atoms with van der Waals surface area (Å²) in [5.41, 5.74) is 1.62. The summed E-state index contributed by atoms with van der Waals surface area (Å²) in [7, 11) is 0. The minimum absolute atomic E-state index is 0.0515. The molecule has 0 atom stereocenters. The highest BCUT2D eigenvalue weighted by atomic mass is 79.9. The minimum Gasteiger partial charge on any atom is -0.287 e. The third kappa shape index (κ3) is 3.96. The highest BCUT2D eigenvalue weighted by molar-refractivity contribution is 9.10. The van der Waals surface area contributed by atoms with Gasteiger partial charge in [0.15, 0.2) is 5.16 Å². The molecule has 0 radical (unpaired) electrons. The zero-order valence-corrected chi connectivity index (χ0v) is 16.4. The first-order valence-electron chi connectivity index (χ1n) is 8.06. The van der Waals surface area contributed by atoms with Gasteiger partial charge in [-0.3, -0.25) is 19.5 Å². The molecule has 3 rings (SSSR count). The number of halogens is 1. The summed E-state index contributed by atoms with van der Waals surface area (Å²) in [5, 5.41) is 12.0. The molecule has 6 nitrogen and oxygen atoms in total. The molecule has 0 saturated carbocycles. The van der Waals surface area contributed by atoms with E-state index in [9.17, 15) is 14.9 Å². The molecule has 0 aliphatic carbocycles. The van der Waals surface area contributed by atoms with E-state index in [1.54, 1.807) is 22.8 Å². The summed E-state index contributed by atoms with van der Waals surface area (Å²) < 4.78 is 2.54. The van der Waals surface area contributed by atoms with Gasteiger partial charge in [-0.2, -0.15) is 0 Å². The summed E-state index contributed by atoms with van der Waals surface area (Å²) in [6, 6.07) is 11.9. The number of aromatic nitrogens is 2. The van der Waals surface area contributed by atoms with Crippen molar-refractivity contribution in [2.45, 2.75) is 30.8 Å². The Kier molecular flexibility index (Phi) is 5.73. The Morgan fingerprint density at radius 2 is 1.96 bits per heavy atom. The summed E-state index contributed by atoms with van der Waals surface area (Å²) in [4.78, 5) is 27.8. The maximum Gasteiger partial charge on any atom is 0.269 e. The summed E-state index contributed by atoms with van der Waals surface area (Å²) >= 11 is 4.85. The van der Waals surface area contributed by atoms with Crippen molar-refractivity contribution < 1.29 is 4.92 Å². The van der Waals surface area contributed by atoms with Crippen molar-refractivity contribution in [2.24, 2.45) is 0 Å². The van der Waals surface area contributed by atoms with Gasteiger partial charge in [0.05, 0.1) is 15.8 Å². The molecule has 0 spiro atoms. The number of benzene rings is 2. The number of non-ortho nitro benzene ring substituents is 1. The van der Waals surface area contributed by atoms with Crippen LogP contribution in [-0.4, -0.2) is 14.5 Å². The molecule has 0 fully saturated rings. The van der Waals surface area contributed by atoms with Gasteiger partial charge < -0.3 is 0 Å². The standard InChI is InChI=1S/C18H16BrN3O3S/c1-2-9-21-17(23)15-10-13(19)5-8-16(15)20-18(21)26-11-12-3-6-14(7-4-12)22(24)25/h3-8,10H,2,9,11H2,1H3. The number of rotatable bonds is 6. The fraction of sp³-hybridized carbons (Fsp3) is 0.222. The van der Waals surface area contributed by atoms with Crippen molar-refractivity contribution in [1.82, 2.24) is 9.55 Å². The number of nitro benzene ring substituents is 1. The lowest BCUT2D eigenvalue weighted by Crippen LogP contribution is -2.23. The van der Waals surface area contributed by atoms with Crippen LogP contribution in [0.4, 0.5) is 5.69 Å². The van der Waals surface area contributed by atoms with Gasteiger partial charge in [-0.25, -0.2) is 4.98 Å². The van der Waals surface area contributed by atoms with E-state index in [0.717, 1.165) is 16.5 Å². The molecule has 0 saturated heterocycles. The summed E-state index contributed by atoms with van der Waals surface area (Å²) in [6.45, 7) is 2.61. The average Bonchev–Trinajstić information content (AvgIpc) is 2.63. The normalized spacial score (nSPS) is 11.0. The van der Waals surface area contributed by atoms with Crippen LogP contribution < -0.4 is 5.56 Å². The topological polar surface area (TPSA) is 78.0 Å². The number of nitrogens with zero attached hydrogens (tertiary/aromatic N) is 3. The lowest BCUT2D eigenvalue weighted by atomic mass is 10.2. The average molecular weight is 434 g/mol. The van der Waals surface area contributed by atoms with Gasteiger partial charge in [-0.1, -0.05) is 46.7 Å². The van der Waals surface area contributed by atoms with E-state index >= 15 is 0 Å². The van der Waals surface area contributed by atoms with Crippen molar-refractivity contribution in [3.8, 4) is 0 Å². The fourth-order valence-corrected chi connectivity index (χ4v) is 3.91. The van der Waals surface area contributed by atoms with Crippen LogP contribution in [0.5, 0.6) is 0 Å². The van der Waals surface area contributed by atoms with Crippen molar-refractivity contribution >= 4 is 44.3 Å². The summed E-state index contributed by atoms with van der Waals surface area (Å²) in [6.07, 6.45) is 0.826. The Morgan fingerprint density at radius 3 is 2.62 bits per heavy atom. The highest BCUT2D eigenvalue weighted by Crippen LogP contribution is 2.24. The van der Waals surface area contributed by atoms with Gasteiger partial charge in [0, 0.05) is 28.9 Å². The quantitative estimate of drug-likeness (QED) is 0.242. The lowest BCUT2D eigenvalue weighted by molar-refractivity contribution is -0.384. The van der Waals surface area contributed by atoms with Gasteiger partial charge >= 0.3 is 0 Å². The third-order valence-corrected chi connectivity index (χ3v) is 5.38. The van der Waals surface area contributed by atoms with Gasteiger partial charge in [0.1, 0.15) is 0 Å². The zero-order chi connectivity index (χ0) is 18.7. The molecule has 1 aromatic heterocycles. The lowest BCUT2D eigenvalue weighted by Gasteiger charge is -2.12. The molecule has 0 N–H and O–H groups in total. The molecule has 26 heavy (non-hydrogen) atoms. The molecule has 0 amide bonds. The number of fused-ring (bicyclic) bond motifs is 1. The predicted octanol–water partition coefficient (Wildman–Crippen LogP) is 4.77. The van der Waals surface area contributed by atoms with Crippen LogP contribution in [0.2, 0.25) is 0 Å². The molecular weight excluding hydrogens is 418 g/mol. The molecule has 0 unspecified atom stereocenters. The Balaban J connectivity index is 1.93. The summed E-state index contributed by atoms with van der Waals surface area (Å²) in [5.74, 6) is 0.580. The van der Waals surface area contributed by atoms with E-state index < -0.39 is 4.92 Å². The molecule has 3 aromatic rings. The second kappa shape index (κ2) is 8.01. The van der Waals surface area contributed by atoms with Crippen molar-refractivity contribution in [3.63, 3.8) is 0 Å². The van der Waals surface area contributed by atoms with Gasteiger partial charge in [-0.15, -0.1) is 0 Å². The van der Waals surface area contributed by atoms with Crippen LogP contribution in [0.3, 0.4) is 0 Å². The van der Waals surface area contributed by atoms with E-state index in [2.05, 4.69) is 20.9 Å². The van der Waals surface area contributed by atoms with Crippen LogP contribution in [-0.2, 0) is 12.3 Å². The van der Waals surface area contributed by atoms with Gasteiger partial charge in [-0.05, 0) is 30.2 Å². The van der Waals surface area contributed by atoms with Crippen molar-refractivity contribution in [3.05, 3.63) is 73.0 Å². The number of hydrogen-bond donors (Lipinski definition) is 0. The van der Waals surface area contributed by atoms with Crippen LogP contribution in [0, 0.1) is 10.1 Å². The van der Waals surface area contributed by atoms with Gasteiger partial charge in [0.2, 0.25) is 0 Å². The third-order valence-electron chi connectivity index (χ3n) is 3.84. The monoisotopic (exact) mass is 433 g/mol. The number of thioether (sulfide) groups is 1. The smallest absolute Gasteiger partial charge is 0.269 e. The van der Waals surface area contributed by atoms with Crippen LogP contribution in [0.1, 0.15) is 18.9 Å². The highest BCUT2D eigenvalue weighted by Gasteiger charge is 2.12. The minimum atomic E-state index is -0.418. The Morgan fingerprint density at radius 1 is 1.23 bits per heavy atom. The first-order chi connectivity index (χ1) is 12.5. The first-order valence-corrected chi connectivity index (χ1v) is 9.83. The largest absolute Gasteiger partial charge is 0.287 e. The SMILES string of the molecule is CCCn1c(SCc2ccc([N+](=O)[O-])cc2)nc2ccc(Br)cc2c1=O. The first kappa shape index (κ1) is 18.6. The van der Waals surface area contributed by atoms with E-state index in [1.165, 1.54) is 23.9 Å². The maximum absolute atomic E-state index is 12.8. The second-order valence-corrected chi connectivity index (χ2v) is 7.58. The van der Waals surface area contributed by atoms with Crippen LogP contribution in [0.25, 0.3) is 10.9 Å². The Hall–Kier alpha value is -2.19. The van der Waals surface area contributed by atoms with E-state index in [4.69, 9.17) is 0 Å². The van der Waals surface area contributed by atoms with Crippen molar-refractivity contribution in [1.29, 1.82) is 0 Å². The number of nitro groups is 1. The van der Waals surface area contributed by atoms with E-state index in [1.807, 2.05) is 19.1 Å². The van der Waals surface area contributed by atoms with E-state index in [0.29, 0.717) is 28.4 Å². The predicted molar refractivity (Wildman–Crippen MR) is 107 cm³/mol. The molecular formula is C18H16BrN3O3S. The molecule has 2 aromatic carbocycles.